The normalized spacial score (nSPS) is 17.8. The Balaban J connectivity index is 2.02. The van der Waals surface area contributed by atoms with Gasteiger partial charge < -0.3 is 10.6 Å². The highest BCUT2D eigenvalue weighted by Crippen LogP contribution is 2.30. The summed E-state index contributed by atoms with van der Waals surface area (Å²) in [6.45, 7) is 0.260. The Hall–Kier alpha value is -1.56. The number of halogens is 3. The predicted octanol–water partition coefficient (Wildman–Crippen LogP) is 2.94. The van der Waals surface area contributed by atoms with E-state index < -0.39 is 17.3 Å². The smallest absolute Gasteiger partial charge is 0.340 e. The van der Waals surface area contributed by atoms with Gasteiger partial charge in [-0.3, -0.25) is 4.79 Å². The summed E-state index contributed by atoms with van der Waals surface area (Å²) in [5, 5.41) is 0. The number of hydrogen-bond acceptors (Lipinski definition) is 2. The number of nitrogens with two attached hydrogens (primary N) is 1. The zero-order chi connectivity index (χ0) is 15.7. The fourth-order valence-corrected chi connectivity index (χ4v) is 2.74. The van der Waals surface area contributed by atoms with E-state index in [9.17, 15) is 18.0 Å². The fourth-order valence-electron chi connectivity index (χ4n) is 2.74. The van der Waals surface area contributed by atoms with Gasteiger partial charge in [0.25, 0.3) is 0 Å². The summed E-state index contributed by atoms with van der Waals surface area (Å²) in [4.78, 5) is 13.8. The van der Waals surface area contributed by atoms with E-state index in [1.54, 1.807) is 7.05 Å². The quantitative estimate of drug-likeness (QED) is 0.933. The topological polar surface area (TPSA) is 46.3 Å². The lowest BCUT2D eigenvalue weighted by molar-refractivity contribution is -0.138. The number of likely N-dealkylation sites (N-methyl/N-ethyl adjacent to an activating group) is 1. The molecular formula is C15H19F3N2O. The van der Waals surface area contributed by atoms with Crippen molar-refractivity contribution in [2.24, 2.45) is 5.73 Å². The molecule has 0 bridgehead atoms. The summed E-state index contributed by atoms with van der Waals surface area (Å²) in [6.07, 6.45) is -1.12. The Bertz CT molecular complexity index is 505. The van der Waals surface area contributed by atoms with E-state index in [1.165, 1.54) is 17.0 Å². The fraction of sp³-hybridized carbons (Fsp3) is 0.533. The predicted molar refractivity (Wildman–Crippen MR) is 73.3 cm³/mol. The van der Waals surface area contributed by atoms with Gasteiger partial charge in [-0.05, 0) is 30.5 Å². The Morgan fingerprint density at radius 1 is 1.24 bits per heavy atom. The first-order valence-electron chi connectivity index (χ1n) is 6.93. The third-order valence-corrected chi connectivity index (χ3v) is 3.97. The molecule has 0 saturated heterocycles. The molecule has 2 rings (SSSR count). The number of alkyl halides is 3. The Labute approximate surface area is 121 Å². The molecule has 0 aliphatic heterocycles. The third kappa shape index (κ3) is 3.56. The molecular weight excluding hydrogens is 281 g/mol. The van der Waals surface area contributed by atoms with E-state index in [-0.39, 0.29) is 12.5 Å². The van der Waals surface area contributed by atoms with Gasteiger partial charge in [-0.25, -0.2) is 0 Å². The summed E-state index contributed by atoms with van der Waals surface area (Å²) < 4.78 is 37.5. The van der Waals surface area contributed by atoms with Crippen molar-refractivity contribution >= 4 is 5.91 Å². The lowest BCUT2D eigenvalue weighted by Crippen LogP contribution is -2.52. The summed E-state index contributed by atoms with van der Waals surface area (Å²) in [7, 11) is 1.63. The van der Waals surface area contributed by atoms with Gasteiger partial charge in [-0.15, -0.1) is 0 Å². The van der Waals surface area contributed by atoms with Gasteiger partial charge in [-0.2, -0.15) is 13.2 Å². The number of nitrogens with zero attached hydrogens (tertiary/aromatic N) is 1. The second-order valence-electron chi connectivity index (χ2n) is 5.72. The molecule has 0 radical (unpaired) electrons. The molecule has 1 aliphatic rings. The molecule has 0 spiro atoms. The van der Waals surface area contributed by atoms with E-state index in [1.807, 2.05) is 0 Å². The lowest BCUT2D eigenvalue weighted by atomic mass is 9.97. The highest BCUT2D eigenvalue weighted by atomic mass is 19.4. The van der Waals surface area contributed by atoms with Crippen molar-refractivity contribution in [2.45, 2.75) is 43.9 Å². The van der Waals surface area contributed by atoms with Crippen molar-refractivity contribution in [3.63, 3.8) is 0 Å². The minimum atomic E-state index is -4.34. The standard InChI is InChI=1S/C15H19F3N2O/c1-20(13(21)14(19)8-2-3-9-14)10-11-4-6-12(7-5-11)15(16,17)18/h4-7H,2-3,8-10,19H2,1H3. The molecule has 0 heterocycles. The van der Waals surface area contributed by atoms with Gasteiger partial charge in [0, 0.05) is 13.6 Å². The Morgan fingerprint density at radius 2 is 1.76 bits per heavy atom. The molecule has 1 amide bonds. The van der Waals surface area contributed by atoms with Gasteiger partial charge in [0.1, 0.15) is 0 Å². The van der Waals surface area contributed by atoms with Crippen LogP contribution in [-0.2, 0) is 17.5 Å². The van der Waals surface area contributed by atoms with Crippen LogP contribution in [0.15, 0.2) is 24.3 Å². The minimum Gasteiger partial charge on any atom is -0.340 e. The lowest BCUT2D eigenvalue weighted by Gasteiger charge is -2.28. The first-order valence-corrected chi connectivity index (χ1v) is 6.93. The summed E-state index contributed by atoms with van der Waals surface area (Å²) in [6, 6.07) is 4.84. The van der Waals surface area contributed by atoms with Crippen LogP contribution in [0.1, 0.15) is 36.8 Å². The van der Waals surface area contributed by atoms with Crippen molar-refractivity contribution in [3.8, 4) is 0 Å². The molecule has 21 heavy (non-hydrogen) atoms. The number of benzene rings is 1. The average Bonchev–Trinajstić information content (AvgIpc) is 2.85. The van der Waals surface area contributed by atoms with E-state index in [0.717, 1.165) is 25.0 Å². The molecule has 2 N–H and O–H groups in total. The van der Waals surface area contributed by atoms with E-state index in [2.05, 4.69) is 0 Å². The molecule has 3 nitrogen and oxygen atoms in total. The van der Waals surface area contributed by atoms with Gasteiger partial charge >= 0.3 is 6.18 Å². The molecule has 1 aromatic rings. The second kappa shape index (κ2) is 5.67. The number of rotatable bonds is 3. The van der Waals surface area contributed by atoms with Crippen molar-refractivity contribution < 1.29 is 18.0 Å². The molecule has 0 unspecified atom stereocenters. The highest BCUT2D eigenvalue weighted by molar-refractivity contribution is 5.86. The van der Waals surface area contributed by atoms with Crippen molar-refractivity contribution in [1.29, 1.82) is 0 Å². The van der Waals surface area contributed by atoms with Crippen molar-refractivity contribution in [3.05, 3.63) is 35.4 Å². The van der Waals surface area contributed by atoms with Crippen LogP contribution in [-0.4, -0.2) is 23.4 Å². The number of hydrogen-bond donors (Lipinski definition) is 1. The van der Waals surface area contributed by atoms with E-state index in [4.69, 9.17) is 5.73 Å². The van der Waals surface area contributed by atoms with Crippen LogP contribution < -0.4 is 5.73 Å². The Kier molecular flexibility index (Phi) is 4.27. The summed E-state index contributed by atoms with van der Waals surface area (Å²) in [5.74, 6) is -0.139. The van der Waals surface area contributed by atoms with E-state index in [0.29, 0.717) is 18.4 Å². The van der Waals surface area contributed by atoms with Crippen LogP contribution in [0.3, 0.4) is 0 Å². The monoisotopic (exact) mass is 300 g/mol. The van der Waals surface area contributed by atoms with Crippen molar-refractivity contribution in [2.75, 3.05) is 7.05 Å². The molecule has 1 aromatic carbocycles. The third-order valence-electron chi connectivity index (χ3n) is 3.97. The minimum absolute atomic E-state index is 0.139. The first kappa shape index (κ1) is 15.8. The Morgan fingerprint density at radius 3 is 2.24 bits per heavy atom. The SMILES string of the molecule is CN(Cc1ccc(C(F)(F)F)cc1)C(=O)C1(N)CCCC1. The number of amides is 1. The maximum absolute atomic E-state index is 12.5. The van der Waals surface area contributed by atoms with Crippen LogP contribution in [0.4, 0.5) is 13.2 Å². The molecule has 0 atom stereocenters. The maximum atomic E-state index is 12.5. The zero-order valence-corrected chi connectivity index (χ0v) is 11.9. The van der Waals surface area contributed by atoms with Crippen LogP contribution >= 0.6 is 0 Å². The highest BCUT2D eigenvalue weighted by Gasteiger charge is 2.38. The van der Waals surface area contributed by atoms with Gasteiger partial charge in [0.05, 0.1) is 11.1 Å². The van der Waals surface area contributed by atoms with Crippen LogP contribution in [0.25, 0.3) is 0 Å². The molecule has 1 fully saturated rings. The average molecular weight is 300 g/mol. The van der Waals surface area contributed by atoms with Crippen LogP contribution in [0.5, 0.6) is 0 Å². The number of carbonyl (C=O) groups is 1. The van der Waals surface area contributed by atoms with Gasteiger partial charge in [0.2, 0.25) is 5.91 Å². The zero-order valence-electron chi connectivity index (χ0n) is 11.9. The largest absolute Gasteiger partial charge is 0.416 e. The summed E-state index contributed by atoms with van der Waals surface area (Å²) >= 11 is 0. The van der Waals surface area contributed by atoms with Gasteiger partial charge in [-0.1, -0.05) is 25.0 Å². The molecule has 0 aromatic heterocycles. The second-order valence-corrected chi connectivity index (χ2v) is 5.72. The maximum Gasteiger partial charge on any atom is 0.416 e. The molecule has 1 aliphatic carbocycles. The summed E-state index contributed by atoms with van der Waals surface area (Å²) in [5.41, 5.74) is 5.26. The molecule has 6 heteroatoms. The molecule has 1 saturated carbocycles. The van der Waals surface area contributed by atoms with Crippen molar-refractivity contribution in [1.82, 2.24) is 4.90 Å². The van der Waals surface area contributed by atoms with E-state index >= 15 is 0 Å². The van der Waals surface area contributed by atoms with Crippen LogP contribution in [0, 0.1) is 0 Å². The first-order chi connectivity index (χ1) is 9.72. The van der Waals surface area contributed by atoms with Gasteiger partial charge in [0.15, 0.2) is 0 Å². The number of carbonyl (C=O) groups excluding carboxylic acids is 1. The van der Waals surface area contributed by atoms with Crippen LogP contribution in [0.2, 0.25) is 0 Å². The molecule has 116 valence electrons.